The van der Waals surface area contributed by atoms with Crippen molar-refractivity contribution in [3.05, 3.63) is 35.9 Å². The zero-order valence-electron chi connectivity index (χ0n) is 11.8. The number of rotatable bonds is 3. The molecule has 3 heteroatoms. The molecule has 1 heterocycles. The lowest BCUT2D eigenvalue weighted by atomic mass is 10.0. The molecule has 1 aliphatic heterocycles. The van der Waals surface area contributed by atoms with E-state index in [1.807, 2.05) is 19.9 Å². The Balaban J connectivity index is 0.000000771. The third kappa shape index (κ3) is 4.09. The van der Waals surface area contributed by atoms with Gasteiger partial charge in [-0.05, 0) is 12.5 Å². The van der Waals surface area contributed by atoms with E-state index in [4.69, 9.17) is 0 Å². The van der Waals surface area contributed by atoms with Crippen LogP contribution in [0.5, 0.6) is 0 Å². The highest BCUT2D eigenvalue weighted by molar-refractivity contribution is 5.14. The normalized spacial score (nSPS) is 24.2. The van der Waals surface area contributed by atoms with Crippen molar-refractivity contribution >= 4 is 0 Å². The molecule has 0 spiro atoms. The maximum absolute atomic E-state index is 9.43. The number of hydrogen-bond donors (Lipinski definition) is 2. The minimum atomic E-state index is 0.223. The average Bonchev–Trinajstić information content (AvgIpc) is 2.42. The SMILES string of the molecule is CC.CC1NCCN(Cc2ccccc2)[C@@H]1CO. The summed E-state index contributed by atoms with van der Waals surface area (Å²) in [5.41, 5.74) is 1.31. The van der Waals surface area contributed by atoms with Gasteiger partial charge in [-0.25, -0.2) is 0 Å². The first-order chi connectivity index (χ1) is 8.81. The molecule has 3 nitrogen and oxygen atoms in total. The number of nitrogens with one attached hydrogen (secondary N) is 1. The van der Waals surface area contributed by atoms with E-state index in [0.29, 0.717) is 6.04 Å². The Kier molecular flexibility index (Phi) is 6.94. The van der Waals surface area contributed by atoms with Crippen LogP contribution >= 0.6 is 0 Å². The molecule has 18 heavy (non-hydrogen) atoms. The van der Waals surface area contributed by atoms with Gasteiger partial charge in [0.2, 0.25) is 0 Å². The highest BCUT2D eigenvalue weighted by Gasteiger charge is 2.27. The van der Waals surface area contributed by atoms with Crippen LogP contribution in [0, 0.1) is 0 Å². The predicted octanol–water partition coefficient (Wildman–Crippen LogP) is 1.87. The lowest BCUT2D eigenvalue weighted by molar-refractivity contribution is 0.0672. The molecule has 1 unspecified atom stereocenters. The van der Waals surface area contributed by atoms with Gasteiger partial charge in [-0.2, -0.15) is 0 Å². The van der Waals surface area contributed by atoms with Gasteiger partial charge in [0.25, 0.3) is 0 Å². The molecule has 2 rings (SSSR count). The molecule has 1 aromatic rings. The summed E-state index contributed by atoms with van der Waals surface area (Å²) < 4.78 is 0. The van der Waals surface area contributed by atoms with Crippen molar-refractivity contribution in [2.45, 2.75) is 39.4 Å². The van der Waals surface area contributed by atoms with E-state index in [-0.39, 0.29) is 12.6 Å². The molecule has 1 aromatic carbocycles. The minimum absolute atomic E-state index is 0.223. The largest absolute Gasteiger partial charge is 0.395 e. The Hall–Kier alpha value is -0.900. The van der Waals surface area contributed by atoms with Crippen molar-refractivity contribution in [1.82, 2.24) is 10.2 Å². The van der Waals surface area contributed by atoms with Crippen molar-refractivity contribution in [3.63, 3.8) is 0 Å². The second-order valence-corrected chi connectivity index (χ2v) is 4.45. The third-order valence-corrected chi connectivity index (χ3v) is 3.33. The van der Waals surface area contributed by atoms with E-state index in [1.54, 1.807) is 0 Å². The quantitative estimate of drug-likeness (QED) is 0.859. The zero-order chi connectivity index (χ0) is 13.4. The maximum atomic E-state index is 9.43. The number of aliphatic hydroxyl groups excluding tert-OH is 1. The van der Waals surface area contributed by atoms with E-state index in [1.165, 1.54) is 5.56 Å². The van der Waals surface area contributed by atoms with Gasteiger partial charge < -0.3 is 10.4 Å². The fraction of sp³-hybridized carbons (Fsp3) is 0.600. The van der Waals surface area contributed by atoms with Crippen LogP contribution in [0.25, 0.3) is 0 Å². The van der Waals surface area contributed by atoms with Gasteiger partial charge in [0.15, 0.2) is 0 Å². The van der Waals surface area contributed by atoms with E-state index >= 15 is 0 Å². The summed E-state index contributed by atoms with van der Waals surface area (Å²) >= 11 is 0. The lowest BCUT2D eigenvalue weighted by Crippen LogP contribution is -2.57. The van der Waals surface area contributed by atoms with Gasteiger partial charge in [0.05, 0.1) is 6.61 Å². The molecule has 2 atom stereocenters. The molecule has 0 bridgehead atoms. The molecule has 0 amide bonds. The first kappa shape index (κ1) is 15.2. The summed E-state index contributed by atoms with van der Waals surface area (Å²) in [6.45, 7) is 9.30. The summed E-state index contributed by atoms with van der Waals surface area (Å²) in [4.78, 5) is 2.36. The van der Waals surface area contributed by atoms with Crippen molar-refractivity contribution in [2.24, 2.45) is 0 Å². The molecule has 0 aromatic heterocycles. The molecule has 102 valence electrons. The van der Waals surface area contributed by atoms with Crippen LogP contribution in [0.15, 0.2) is 30.3 Å². The second kappa shape index (κ2) is 8.25. The Morgan fingerprint density at radius 1 is 1.28 bits per heavy atom. The topological polar surface area (TPSA) is 35.5 Å². The fourth-order valence-electron chi connectivity index (χ4n) is 2.34. The highest BCUT2D eigenvalue weighted by atomic mass is 16.3. The highest BCUT2D eigenvalue weighted by Crippen LogP contribution is 2.13. The van der Waals surface area contributed by atoms with Gasteiger partial charge in [-0.15, -0.1) is 0 Å². The Bertz CT molecular complexity index is 316. The van der Waals surface area contributed by atoms with Crippen molar-refractivity contribution in [3.8, 4) is 0 Å². The van der Waals surface area contributed by atoms with Gasteiger partial charge >= 0.3 is 0 Å². The van der Waals surface area contributed by atoms with Crippen LogP contribution in [-0.2, 0) is 6.54 Å². The zero-order valence-corrected chi connectivity index (χ0v) is 11.8. The van der Waals surface area contributed by atoms with E-state index in [9.17, 15) is 5.11 Å². The van der Waals surface area contributed by atoms with Crippen molar-refractivity contribution < 1.29 is 5.11 Å². The number of nitrogens with zero attached hydrogens (tertiary/aromatic N) is 1. The first-order valence-electron chi connectivity index (χ1n) is 6.93. The molecule has 1 saturated heterocycles. The summed E-state index contributed by atoms with van der Waals surface area (Å²) in [5.74, 6) is 0. The summed E-state index contributed by atoms with van der Waals surface area (Å²) in [7, 11) is 0. The molecular formula is C15H26N2O. The summed E-state index contributed by atoms with van der Waals surface area (Å²) in [6.07, 6.45) is 0. The Morgan fingerprint density at radius 3 is 2.56 bits per heavy atom. The second-order valence-electron chi connectivity index (χ2n) is 4.45. The van der Waals surface area contributed by atoms with E-state index in [0.717, 1.165) is 19.6 Å². The van der Waals surface area contributed by atoms with Crippen LogP contribution in [0.3, 0.4) is 0 Å². The molecule has 0 aliphatic carbocycles. The number of aliphatic hydroxyl groups is 1. The van der Waals surface area contributed by atoms with Crippen molar-refractivity contribution in [2.75, 3.05) is 19.7 Å². The van der Waals surface area contributed by atoms with Crippen LogP contribution in [0.2, 0.25) is 0 Å². The molecule has 2 N–H and O–H groups in total. The maximum Gasteiger partial charge on any atom is 0.0602 e. The van der Waals surface area contributed by atoms with E-state index < -0.39 is 0 Å². The van der Waals surface area contributed by atoms with E-state index in [2.05, 4.69) is 41.4 Å². The molecule has 1 aliphatic rings. The van der Waals surface area contributed by atoms with Crippen LogP contribution in [0.4, 0.5) is 0 Å². The summed E-state index contributed by atoms with van der Waals surface area (Å²) in [5, 5.41) is 12.8. The molecular weight excluding hydrogens is 224 g/mol. The number of hydrogen-bond acceptors (Lipinski definition) is 3. The minimum Gasteiger partial charge on any atom is -0.395 e. The Labute approximate surface area is 111 Å². The molecule has 1 fully saturated rings. The number of benzene rings is 1. The smallest absolute Gasteiger partial charge is 0.0602 e. The Morgan fingerprint density at radius 2 is 1.94 bits per heavy atom. The number of piperazine rings is 1. The average molecular weight is 250 g/mol. The van der Waals surface area contributed by atoms with Gasteiger partial charge in [0.1, 0.15) is 0 Å². The van der Waals surface area contributed by atoms with Crippen LogP contribution < -0.4 is 5.32 Å². The van der Waals surface area contributed by atoms with Gasteiger partial charge in [-0.1, -0.05) is 44.2 Å². The summed E-state index contributed by atoms with van der Waals surface area (Å²) in [6, 6.07) is 11.0. The molecule has 0 radical (unpaired) electrons. The van der Waals surface area contributed by atoms with Crippen molar-refractivity contribution in [1.29, 1.82) is 0 Å². The predicted molar refractivity (Wildman–Crippen MR) is 76.5 cm³/mol. The monoisotopic (exact) mass is 250 g/mol. The lowest BCUT2D eigenvalue weighted by Gasteiger charge is -2.39. The van der Waals surface area contributed by atoms with Crippen LogP contribution in [-0.4, -0.2) is 41.8 Å². The first-order valence-corrected chi connectivity index (χ1v) is 6.93. The van der Waals surface area contributed by atoms with Gasteiger partial charge in [0, 0.05) is 31.7 Å². The van der Waals surface area contributed by atoms with Gasteiger partial charge in [-0.3, -0.25) is 4.90 Å². The van der Waals surface area contributed by atoms with Crippen LogP contribution in [0.1, 0.15) is 26.3 Å². The standard InChI is InChI=1S/C13H20N2O.C2H6/c1-11-13(10-16)15(8-7-14-11)9-12-5-3-2-4-6-12;1-2/h2-6,11,13-14,16H,7-10H2,1H3;1-2H3/t11?,13-;/m1./s1. The molecule has 0 saturated carbocycles. The third-order valence-electron chi connectivity index (χ3n) is 3.33. The fourth-order valence-corrected chi connectivity index (χ4v) is 2.34.